The molecule has 1 saturated heterocycles. The number of piperidine rings is 1. The van der Waals surface area contributed by atoms with Gasteiger partial charge in [-0.3, -0.25) is 0 Å². The molecule has 2 aliphatic rings. The smallest absolute Gasteiger partial charge is 0.166 e. The number of nitrogens with zero attached hydrogens (tertiary/aromatic N) is 1. The van der Waals surface area contributed by atoms with Gasteiger partial charge >= 0.3 is 0 Å². The summed E-state index contributed by atoms with van der Waals surface area (Å²) < 4.78 is 0. The standard InChI is InChI=1S/C14H27N3S/c1-2-9-17-10-7-13(8-11-17)16-14(18)15-12-5-3-4-6-12/h12-13H,2-11H2,1H3,(H2,15,16,18). The molecule has 1 aliphatic carbocycles. The second kappa shape index (κ2) is 7.29. The molecule has 0 aromatic carbocycles. The van der Waals surface area contributed by atoms with Gasteiger partial charge in [-0.05, 0) is 50.9 Å². The van der Waals surface area contributed by atoms with E-state index in [1.54, 1.807) is 0 Å². The topological polar surface area (TPSA) is 27.3 Å². The van der Waals surface area contributed by atoms with Crippen LogP contribution in [0.2, 0.25) is 0 Å². The Kier molecular flexibility index (Phi) is 5.70. The zero-order valence-corrected chi connectivity index (χ0v) is 12.4. The molecule has 0 spiro atoms. The molecule has 0 aromatic rings. The van der Waals surface area contributed by atoms with Crippen LogP contribution in [0.4, 0.5) is 0 Å². The van der Waals surface area contributed by atoms with Crippen molar-refractivity contribution < 1.29 is 0 Å². The first-order valence-electron chi connectivity index (χ1n) is 7.57. The van der Waals surface area contributed by atoms with Crippen LogP contribution in [-0.4, -0.2) is 41.7 Å². The van der Waals surface area contributed by atoms with Crippen molar-refractivity contribution in [3.05, 3.63) is 0 Å². The van der Waals surface area contributed by atoms with Crippen LogP contribution in [0.3, 0.4) is 0 Å². The lowest BCUT2D eigenvalue weighted by Crippen LogP contribution is -2.49. The Morgan fingerprint density at radius 3 is 2.17 bits per heavy atom. The summed E-state index contributed by atoms with van der Waals surface area (Å²) in [5.41, 5.74) is 0. The average molecular weight is 269 g/mol. The molecule has 3 nitrogen and oxygen atoms in total. The van der Waals surface area contributed by atoms with E-state index in [1.807, 2.05) is 0 Å². The highest BCUT2D eigenvalue weighted by Gasteiger charge is 2.20. The largest absolute Gasteiger partial charge is 0.360 e. The maximum absolute atomic E-state index is 5.42. The zero-order chi connectivity index (χ0) is 12.8. The average Bonchev–Trinajstić information content (AvgIpc) is 2.84. The summed E-state index contributed by atoms with van der Waals surface area (Å²) in [6.45, 7) is 5.94. The van der Waals surface area contributed by atoms with Gasteiger partial charge in [-0.25, -0.2) is 0 Å². The van der Waals surface area contributed by atoms with Crippen LogP contribution in [0.1, 0.15) is 51.9 Å². The minimum Gasteiger partial charge on any atom is -0.360 e. The van der Waals surface area contributed by atoms with Crippen LogP contribution in [0, 0.1) is 0 Å². The summed E-state index contributed by atoms with van der Waals surface area (Å²) in [5.74, 6) is 0. The Bertz CT molecular complexity index is 256. The van der Waals surface area contributed by atoms with Crippen LogP contribution in [0.15, 0.2) is 0 Å². The van der Waals surface area contributed by atoms with Crippen molar-refractivity contribution in [1.82, 2.24) is 15.5 Å². The summed E-state index contributed by atoms with van der Waals surface area (Å²) in [7, 11) is 0. The van der Waals surface area contributed by atoms with Gasteiger partial charge < -0.3 is 15.5 Å². The highest BCUT2D eigenvalue weighted by molar-refractivity contribution is 7.80. The second-order valence-corrected chi connectivity index (χ2v) is 6.12. The fraction of sp³-hybridized carbons (Fsp3) is 0.929. The van der Waals surface area contributed by atoms with Gasteiger partial charge in [0, 0.05) is 25.2 Å². The summed E-state index contributed by atoms with van der Waals surface area (Å²) in [6, 6.07) is 1.21. The van der Waals surface area contributed by atoms with E-state index in [2.05, 4.69) is 22.5 Å². The number of likely N-dealkylation sites (tertiary alicyclic amines) is 1. The molecule has 0 aromatic heterocycles. The highest BCUT2D eigenvalue weighted by atomic mass is 32.1. The van der Waals surface area contributed by atoms with Crippen LogP contribution in [0.25, 0.3) is 0 Å². The lowest BCUT2D eigenvalue weighted by atomic mass is 10.1. The lowest BCUT2D eigenvalue weighted by molar-refractivity contribution is 0.206. The predicted molar refractivity (Wildman–Crippen MR) is 80.9 cm³/mol. The van der Waals surface area contributed by atoms with Gasteiger partial charge in [0.15, 0.2) is 5.11 Å². The summed E-state index contributed by atoms with van der Waals surface area (Å²) in [4.78, 5) is 2.56. The summed E-state index contributed by atoms with van der Waals surface area (Å²) >= 11 is 5.42. The van der Waals surface area contributed by atoms with Gasteiger partial charge in [-0.15, -0.1) is 0 Å². The van der Waals surface area contributed by atoms with E-state index in [9.17, 15) is 0 Å². The van der Waals surface area contributed by atoms with Gasteiger partial charge in [0.2, 0.25) is 0 Å². The molecule has 2 N–H and O–H groups in total. The predicted octanol–water partition coefficient (Wildman–Crippen LogP) is 2.27. The molecule has 0 unspecified atom stereocenters. The van der Waals surface area contributed by atoms with Gasteiger partial charge in [-0.2, -0.15) is 0 Å². The molecule has 0 radical (unpaired) electrons. The first kappa shape index (κ1) is 14.1. The molecule has 0 amide bonds. The van der Waals surface area contributed by atoms with Crippen LogP contribution in [0.5, 0.6) is 0 Å². The van der Waals surface area contributed by atoms with Gasteiger partial charge in [-0.1, -0.05) is 19.8 Å². The molecule has 4 heteroatoms. The fourth-order valence-electron chi connectivity index (χ4n) is 3.10. The molecular formula is C14H27N3S. The monoisotopic (exact) mass is 269 g/mol. The highest BCUT2D eigenvalue weighted by Crippen LogP contribution is 2.17. The number of nitrogens with one attached hydrogen (secondary N) is 2. The minimum absolute atomic E-state index is 0.583. The molecular weight excluding hydrogens is 242 g/mol. The van der Waals surface area contributed by atoms with Crippen LogP contribution < -0.4 is 10.6 Å². The zero-order valence-electron chi connectivity index (χ0n) is 11.6. The van der Waals surface area contributed by atoms with E-state index in [1.165, 1.54) is 64.6 Å². The van der Waals surface area contributed by atoms with E-state index in [0.717, 1.165) is 5.11 Å². The maximum Gasteiger partial charge on any atom is 0.166 e. The van der Waals surface area contributed by atoms with E-state index in [0.29, 0.717) is 12.1 Å². The van der Waals surface area contributed by atoms with Crippen molar-refractivity contribution in [3.63, 3.8) is 0 Å². The number of hydrogen-bond acceptors (Lipinski definition) is 2. The quantitative estimate of drug-likeness (QED) is 0.766. The summed E-state index contributed by atoms with van der Waals surface area (Å²) in [5, 5.41) is 7.86. The van der Waals surface area contributed by atoms with Crippen molar-refractivity contribution in [2.45, 2.75) is 64.0 Å². The Hall–Kier alpha value is -0.350. The molecule has 2 fully saturated rings. The Morgan fingerprint density at radius 2 is 1.61 bits per heavy atom. The third-order valence-electron chi connectivity index (χ3n) is 4.15. The van der Waals surface area contributed by atoms with Crippen molar-refractivity contribution >= 4 is 17.3 Å². The second-order valence-electron chi connectivity index (χ2n) is 5.72. The molecule has 2 rings (SSSR count). The molecule has 1 heterocycles. The lowest BCUT2D eigenvalue weighted by Gasteiger charge is -2.33. The molecule has 1 aliphatic heterocycles. The fourth-order valence-corrected chi connectivity index (χ4v) is 3.43. The van der Waals surface area contributed by atoms with E-state index in [-0.39, 0.29) is 0 Å². The van der Waals surface area contributed by atoms with E-state index < -0.39 is 0 Å². The Balaban J connectivity index is 1.63. The molecule has 104 valence electrons. The summed E-state index contributed by atoms with van der Waals surface area (Å²) in [6.07, 6.45) is 9.01. The van der Waals surface area contributed by atoms with Crippen molar-refractivity contribution in [2.24, 2.45) is 0 Å². The van der Waals surface area contributed by atoms with Gasteiger partial charge in [0.1, 0.15) is 0 Å². The van der Waals surface area contributed by atoms with Crippen molar-refractivity contribution in [2.75, 3.05) is 19.6 Å². The molecule has 0 atom stereocenters. The van der Waals surface area contributed by atoms with E-state index >= 15 is 0 Å². The number of hydrogen-bond donors (Lipinski definition) is 2. The minimum atomic E-state index is 0.583. The Morgan fingerprint density at radius 1 is 1.06 bits per heavy atom. The van der Waals surface area contributed by atoms with Gasteiger partial charge in [0.25, 0.3) is 0 Å². The van der Waals surface area contributed by atoms with Crippen molar-refractivity contribution in [3.8, 4) is 0 Å². The van der Waals surface area contributed by atoms with Crippen LogP contribution >= 0.6 is 12.2 Å². The van der Waals surface area contributed by atoms with Gasteiger partial charge in [0.05, 0.1) is 0 Å². The maximum atomic E-state index is 5.42. The first-order valence-corrected chi connectivity index (χ1v) is 7.98. The molecule has 18 heavy (non-hydrogen) atoms. The SMILES string of the molecule is CCCN1CCC(NC(=S)NC2CCCC2)CC1. The Labute approximate surface area is 117 Å². The van der Waals surface area contributed by atoms with Crippen LogP contribution in [-0.2, 0) is 0 Å². The number of thiocarbonyl (C=S) groups is 1. The first-order chi connectivity index (χ1) is 8.78. The third-order valence-corrected chi connectivity index (χ3v) is 4.39. The third kappa shape index (κ3) is 4.39. The normalized spacial score (nSPS) is 23.2. The number of rotatable bonds is 4. The van der Waals surface area contributed by atoms with Crippen molar-refractivity contribution in [1.29, 1.82) is 0 Å². The molecule has 0 bridgehead atoms. The molecule has 1 saturated carbocycles. The van der Waals surface area contributed by atoms with E-state index in [4.69, 9.17) is 12.2 Å².